The standard InChI is InChI=1S/C25H33N3O3/c1-4-18(2)16-26-11-10-21-24(22(31-3)15-23(29)28(21)14-13-26)25(30)27-12-9-19-7-5-6-8-20(19)17-27/h5-8,15,18H,4,9-14,16-17H2,1-3H3/t18-/m0/s1. The number of amides is 1. The average Bonchev–Trinajstić information content (AvgIpc) is 3.01. The van der Waals surface area contributed by atoms with Crippen LogP contribution in [0.4, 0.5) is 0 Å². The van der Waals surface area contributed by atoms with Gasteiger partial charge in [-0.15, -0.1) is 0 Å². The highest BCUT2D eigenvalue weighted by atomic mass is 16.5. The number of pyridine rings is 1. The molecule has 3 heterocycles. The summed E-state index contributed by atoms with van der Waals surface area (Å²) in [6, 6.07) is 9.78. The largest absolute Gasteiger partial charge is 0.496 e. The molecule has 31 heavy (non-hydrogen) atoms. The van der Waals surface area contributed by atoms with Gasteiger partial charge in [0, 0.05) is 57.4 Å². The molecule has 2 aliphatic rings. The van der Waals surface area contributed by atoms with Crippen LogP contribution < -0.4 is 10.3 Å². The van der Waals surface area contributed by atoms with Gasteiger partial charge in [0.05, 0.1) is 7.11 Å². The molecule has 1 aromatic heterocycles. The van der Waals surface area contributed by atoms with E-state index in [9.17, 15) is 9.59 Å². The van der Waals surface area contributed by atoms with E-state index < -0.39 is 0 Å². The zero-order valence-corrected chi connectivity index (χ0v) is 18.9. The predicted octanol–water partition coefficient (Wildman–Crippen LogP) is 2.96. The van der Waals surface area contributed by atoms with Crippen molar-refractivity contribution < 1.29 is 9.53 Å². The lowest BCUT2D eigenvalue weighted by Crippen LogP contribution is -2.38. The normalized spacial score (nSPS) is 17.5. The lowest BCUT2D eigenvalue weighted by Gasteiger charge is -2.30. The Kier molecular flexibility index (Phi) is 6.46. The molecule has 0 saturated carbocycles. The van der Waals surface area contributed by atoms with Crippen molar-refractivity contribution in [2.45, 2.75) is 46.2 Å². The Hall–Kier alpha value is -2.60. The van der Waals surface area contributed by atoms with E-state index in [4.69, 9.17) is 4.74 Å². The summed E-state index contributed by atoms with van der Waals surface area (Å²) < 4.78 is 7.34. The van der Waals surface area contributed by atoms with Gasteiger partial charge in [0.15, 0.2) is 0 Å². The first-order chi connectivity index (χ1) is 15.0. The lowest BCUT2D eigenvalue weighted by molar-refractivity contribution is 0.0728. The van der Waals surface area contributed by atoms with Gasteiger partial charge in [-0.1, -0.05) is 44.5 Å². The molecule has 1 atom stereocenters. The molecule has 0 saturated heterocycles. The number of hydrogen-bond donors (Lipinski definition) is 0. The fraction of sp³-hybridized carbons (Fsp3) is 0.520. The molecule has 4 rings (SSSR count). The summed E-state index contributed by atoms with van der Waals surface area (Å²) in [7, 11) is 1.54. The minimum absolute atomic E-state index is 0.0366. The number of methoxy groups -OCH3 is 1. The van der Waals surface area contributed by atoms with E-state index in [1.165, 1.54) is 17.2 Å². The SMILES string of the molecule is CC[C@H](C)CN1CCc2c(C(=O)N3CCc4ccccc4C3)c(OC)cc(=O)n2CC1. The number of carbonyl (C=O) groups excluding carboxylic acids is 1. The van der Waals surface area contributed by atoms with Crippen molar-refractivity contribution in [3.8, 4) is 5.75 Å². The van der Waals surface area contributed by atoms with Crippen molar-refractivity contribution in [3.05, 3.63) is 63.1 Å². The summed E-state index contributed by atoms with van der Waals surface area (Å²) in [5.74, 6) is 0.975. The number of hydrogen-bond acceptors (Lipinski definition) is 4. The molecule has 0 N–H and O–H groups in total. The number of ether oxygens (including phenoxy) is 1. The number of nitrogens with zero attached hydrogens (tertiary/aromatic N) is 3. The van der Waals surface area contributed by atoms with E-state index in [-0.39, 0.29) is 11.5 Å². The monoisotopic (exact) mass is 423 g/mol. The van der Waals surface area contributed by atoms with Crippen LogP contribution in [0.15, 0.2) is 35.1 Å². The fourth-order valence-electron chi connectivity index (χ4n) is 4.76. The Morgan fingerprint density at radius 1 is 1.10 bits per heavy atom. The van der Waals surface area contributed by atoms with Crippen LogP contribution in [0, 0.1) is 5.92 Å². The van der Waals surface area contributed by atoms with Gasteiger partial charge >= 0.3 is 0 Å². The molecule has 6 heteroatoms. The van der Waals surface area contributed by atoms with Crippen molar-refractivity contribution in [1.82, 2.24) is 14.4 Å². The maximum atomic E-state index is 13.7. The minimum Gasteiger partial charge on any atom is -0.496 e. The van der Waals surface area contributed by atoms with Gasteiger partial charge in [0.1, 0.15) is 11.3 Å². The third kappa shape index (κ3) is 4.40. The Morgan fingerprint density at radius 2 is 1.87 bits per heavy atom. The number of aromatic nitrogens is 1. The number of carbonyl (C=O) groups is 1. The zero-order chi connectivity index (χ0) is 22.0. The van der Waals surface area contributed by atoms with E-state index in [0.717, 1.165) is 38.2 Å². The quantitative estimate of drug-likeness (QED) is 0.742. The van der Waals surface area contributed by atoms with Gasteiger partial charge in [-0.05, 0) is 23.5 Å². The Morgan fingerprint density at radius 3 is 2.61 bits per heavy atom. The van der Waals surface area contributed by atoms with Crippen LogP contribution in [0.25, 0.3) is 0 Å². The van der Waals surface area contributed by atoms with Crippen LogP contribution >= 0.6 is 0 Å². The first kappa shape index (κ1) is 21.6. The van der Waals surface area contributed by atoms with Crippen molar-refractivity contribution >= 4 is 5.91 Å². The molecule has 2 aromatic rings. The zero-order valence-electron chi connectivity index (χ0n) is 18.9. The van der Waals surface area contributed by atoms with Crippen LogP contribution in [-0.4, -0.2) is 53.6 Å². The molecule has 6 nitrogen and oxygen atoms in total. The topological polar surface area (TPSA) is 54.8 Å². The van der Waals surface area contributed by atoms with Crippen LogP contribution in [0.1, 0.15) is 47.4 Å². The first-order valence-electron chi connectivity index (χ1n) is 11.4. The summed E-state index contributed by atoms with van der Waals surface area (Å²) in [6.07, 6.45) is 2.66. The molecule has 0 radical (unpaired) electrons. The van der Waals surface area contributed by atoms with Crippen LogP contribution in [0.3, 0.4) is 0 Å². The van der Waals surface area contributed by atoms with Gasteiger partial charge in [0.25, 0.3) is 11.5 Å². The van der Waals surface area contributed by atoms with Gasteiger partial charge in [0.2, 0.25) is 0 Å². The van der Waals surface area contributed by atoms with E-state index in [1.807, 2.05) is 17.0 Å². The summed E-state index contributed by atoms with van der Waals surface area (Å²) in [5, 5.41) is 0. The van der Waals surface area contributed by atoms with Crippen LogP contribution in [0.5, 0.6) is 5.75 Å². The summed E-state index contributed by atoms with van der Waals surface area (Å²) >= 11 is 0. The highest BCUT2D eigenvalue weighted by Gasteiger charge is 2.30. The lowest BCUT2D eigenvalue weighted by atomic mass is 9.98. The summed E-state index contributed by atoms with van der Waals surface area (Å²) in [4.78, 5) is 30.9. The molecule has 1 aromatic carbocycles. The molecule has 2 aliphatic heterocycles. The average molecular weight is 424 g/mol. The summed E-state index contributed by atoms with van der Waals surface area (Å²) in [6.45, 7) is 9.04. The third-order valence-electron chi connectivity index (χ3n) is 6.80. The second-order valence-corrected chi connectivity index (χ2v) is 8.83. The van der Waals surface area contributed by atoms with Crippen molar-refractivity contribution in [1.29, 1.82) is 0 Å². The van der Waals surface area contributed by atoms with Gasteiger partial charge in [-0.3, -0.25) is 9.59 Å². The molecular formula is C25H33N3O3. The highest BCUT2D eigenvalue weighted by molar-refractivity contribution is 5.98. The highest BCUT2D eigenvalue weighted by Crippen LogP contribution is 2.27. The van der Waals surface area contributed by atoms with Crippen molar-refractivity contribution in [2.24, 2.45) is 5.92 Å². The number of rotatable bonds is 5. The number of benzene rings is 1. The minimum atomic E-state index is -0.0854. The fourth-order valence-corrected chi connectivity index (χ4v) is 4.76. The van der Waals surface area contributed by atoms with E-state index in [2.05, 4.69) is 30.9 Å². The van der Waals surface area contributed by atoms with Crippen LogP contribution in [0.2, 0.25) is 0 Å². The maximum absolute atomic E-state index is 13.7. The smallest absolute Gasteiger partial charge is 0.259 e. The Balaban J connectivity index is 1.66. The first-order valence-corrected chi connectivity index (χ1v) is 11.4. The van der Waals surface area contributed by atoms with Crippen molar-refractivity contribution in [3.63, 3.8) is 0 Å². The molecule has 166 valence electrons. The molecule has 0 fully saturated rings. The molecule has 0 bridgehead atoms. The second kappa shape index (κ2) is 9.27. The summed E-state index contributed by atoms with van der Waals surface area (Å²) in [5.41, 5.74) is 3.80. The third-order valence-corrected chi connectivity index (χ3v) is 6.80. The Labute approximate surface area is 184 Å². The van der Waals surface area contributed by atoms with Gasteiger partial charge < -0.3 is 19.1 Å². The molecule has 1 amide bonds. The van der Waals surface area contributed by atoms with E-state index in [0.29, 0.717) is 43.3 Å². The van der Waals surface area contributed by atoms with Crippen LogP contribution in [-0.2, 0) is 25.9 Å². The maximum Gasteiger partial charge on any atom is 0.259 e. The van der Waals surface area contributed by atoms with Crippen molar-refractivity contribution in [2.75, 3.05) is 33.3 Å². The van der Waals surface area contributed by atoms with E-state index in [1.54, 1.807) is 11.7 Å². The molecule has 0 unspecified atom stereocenters. The van der Waals surface area contributed by atoms with Gasteiger partial charge in [-0.25, -0.2) is 0 Å². The second-order valence-electron chi connectivity index (χ2n) is 8.83. The molecule has 0 aliphatic carbocycles. The Bertz CT molecular complexity index is 1010. The predicted molar refractivity (Wildman–Crippen MR) is 122 cm³/mol. The van der Waals surface area contributed by atoms with E-state index >= 15 is 0 Å². The number of fused-ring (bicyclic) bond motifs is 2. The van der Waals surface area contributed by atoms with Gasteiger partial charge in [-0.2, -0.15) is 0 Å². The molecular weight excluding hydrogens is 390 g/mol. The molecule has 0 spiro atoms.